The van der Waals surface area contributed by atoms with E-state index in [0.29, 0.717) is 11.3 Å². The summed E-state index contributed by atoms with van der Waals surface area (Å²) in [4.78, 5) is 15.0. The van der Waals surface area contributed by atoms with Crippen LogP contribution in [0.2, 0.25) is 0 Å². The van der Waals surface area contributed by atoms with E-state index in [1.54, 1.807) is 14.2 Å². The van der Waals surface area contributed by atoms with E-state index in [4.69, 9.17) is 14.0 Å². The van der Waals surface area contributed by atoms with Crippen molar-refractivity contribution >= 4 is 16.9 Å². The summed E-state index contributed by atoms with van der Waals surface area (Å²) in [6.07, 6.45) is 2.10. The van der Waals surface area contributed by atoms with Crippen molar-refractivity contribution in [3.8, 4) is 11.5 Å². The number of para-hydroxylation sites is 1. The van der Waals surface area contributed by atoms with Gasteiger partial charge in [-0.3, -0.25) is 4.79 Å². The van der Waals surface area contributed by atoms with Gasteiger partial charge in [-0.25, -0.2) is 0 Å². The Balaban J connectivity index is 1.59. The van der Waals surface area contributed by atoms with E-state index in [9.17, 15) is 4.79 Å². The number of rotatable bonds is 5. The second-order valence-electron chi connectivity index (χ2n) is 6.66. The van der Waals surface area contributed by atoms with Gasteiger partial charge in [-0.15, -0.1) is 0 Å². The molecule has 0 saturated carbocycles. The molecular formula is C21H22N2O4. The molecule has 4 rings (SSSR count). The Morgan fingerprint density at radius 1 is 1.22 bits per heavy atom. The number of carbonyl (C=O) groups excluding carboxylic acids is 1. The van der Waals surface area contributed by atoms with Gasteiger partial charge in [0.25, 0.3) is 0 Å². The molecule has 2 aromatic carbocycles. The van der Waals surface area contributed by atoms with Crippen molar-refractivity contribution in [1.29, 1.82) is 0 Å². The fraction of sp³-hybridized carbons (Fsp3) is 0.333. The maximum atomic E-state index is 13.0. The molecule has 0 bridgehead atoms. The molecule has 1 fully saturated rings. The van der Waals surface area contributed by atoms with Crippen molar-refractivity contribution in [1.82, 2.24) is 10.1 Å². The van der Waals surface area contributed by atoms with Crippen molar-refractivity contribution in [2.75, 3.05) is 20.8 Å². The topological polar surface area (TPSA) is 64.8 Å². The molecule has 27 heavy (non-hydrogen) atoms. The first-order chi connectivity index (χ1) is 13.2. The average molecular weight is 366 g/mol. The molecule has 140 valence electrons. The highest BCUT2D eigenvalue weighted by atomic mass is 16.5. The van der Waals surface area contributed by atoms with Gasteiger partial charge in [0.15, 0.2) is 5.58 Å². The standard InChI is InChI=1S/C21H22N2O4/c1-25-14-9-10-16(20(12-14)26-2)18-7-5-11-23(18)21(24)13-17-15-6-3-4-8-19(15)27-22-17/h3-4,6,8-10,12,18H,5,7,11,13H2,1-2H3. The van der Waals surface area contributed by atoms with Gasteiger partial charge in [0.2, 0.25) is 5.91 Å². The summed E-state index contributed by atoms with van der Waals surface area (Å²) < 4.78 is 16.2. The predicted molar refractivity (Wildman–Crippen MR) is 101 cm³/mol. The molecule has 2 heterocycles. The van der Waals surface area contributed by atoms with E-state index in [2.05, 4.69) is 5.16 Å². The molecule has 1 saturated heterocycles. The average Bonchev–Trinajstić information content (AvgIpc) is 3.35. The molecule has 0 radical (unpaired) electrons. The largest absolute Gasteiger partial charge is 0.497 e. The lowest BCUT2D eigenvalue weighted by molar-refractivity contribution is -0.131. The third kappa shape index (κ3) is 3.23. The number of ether oxygens (including phenoxy) is 2. The van der Waals surface area contributed by atoms with Gasteiger partial charge >= 0.3 is 0 Å². The lowest BCUT2D eigenvalue weighted by Gasteiger charge is -2.26. The second kappa shape index (κ2) is 7.31. The van der Waals surface area contributed by atoms with Crippen LogP contribution in [0.4, 0.5) is 0 Å². The second-order valence-corrected chi connectivity index (χ2v) is 6.66. The molecule has 1 aliphatic rings. The summed E-state index contributed by atoms with van der Waals surface area (Å²) in [5.74, 6) is 1.53. The summed E-state index contributed by atoms with van der Waals surface area (Å²) >= 11 is 0. The number of likely N-dealkylation sites (tertiary alicyclic amines) is 1. The molecule has 0 spiro atoms. The summed E-state index contributed by atoms with van der Waals surface area (Å²) in [6.45, 7) is 0.731. The Labute approximate surface area is 157 Å². The van der Waals surface area contributed by atoms with Crippen LogP contribution in [0.5, 0.6) is 11.5 Å². The molecule has 1 atom stereocenters. The zero-order chi connectivity index (χ0) is 18.8. The monoisotopic (exact) mass is 366 g/mol. The smallest absolute Gasteiger partial charge is 0.229 e. The lowest BCUT2D eigenvalue weighted by atomic mass is 10.0. The molecule has 1 amide bonds. The molecule has 0 aliphatic carbocycles. The van der Waals surface area contributed by atoms with Crippen LogP contribution in [0.1, 0.15) is 30.1 Å². The summed E-state index contributed by atoms with van der Waals surface area (Å²) in [6, 6.07) is 13.4. The Morgan fingerprint density at radius 2 is 2.07 bits per heavy atom. The third-order valence-corrected chi connectivity index (χ3v) is 5.14. The Bertz CT molecular complexity index is 966. The van der Waals surface area contributed by atoms with E-state index in [1.165, 1.54) is 0 Å². The number of fused-ring (bicyclic) bond motifs is 1. The van der Waals surface area contributed by atoms with E-state index < -0.39 is 0 Å². The molecular weight excluding hydrogens is 344 g/mol. The maximum absolute atomic E-state index is 13.0. The van der Waals surface area contributed by atoms with Crippen molar-refractivity contribution in [3.63, 3.8) is 0 Å². The molecule has 1 unspecified atom stereocenters. The first kappa shape index (κ1) is 17.4. The van der Waals surface area contributed by atoms with Crippen molar-refractivity contribution in [2.45, 2.75) is 25.3 Å². The van der Waals surface area contributed by atoms with Crippen LogP contribution in [0, 0.1) is 0 Å². The van der Waals surface area contributed by atoms with Crippen LogP contribution >= 0.6 is 0 Å². The lowest BCUT2D eigenvalue weighted by Crippen LogP contribution is -2.32. The Kier molecular flexibility index (Phi) is 4.71. The van der Waals surface area contributed by atoms with E-state index in [0.717, 1.165) is 41.8 Å². The number of amides is 1. The van der Waals surface area contributed by atoms with E-state index >= 15 is 0 Å². The molecule has 6 nitrogen and oxygen atoms in total. The first-order valence-corrected chi connectivity index (χ1v) is 9.06. The van der Waals surface area contributed by atoms with Crippen LogP contribution in [0.25, 0.3) is 11.0 Å². The zero-order valence-corrected chi connectivity index (χ0v) is 15.5. The SMILES string of the molecule is COc1ccc(C2CCCN2C(=O)Cc2noc3ccccc23)c(OC)c1. The summed E-state index contributed by atoms with van der Waals surface area (Å²) in [5, 5.41) is 4.99. The Morgan fingerprint density at radius 3 is 2.89 bits per heavy atom. The molecule has 6 heteroatoms. The van der Waals surface area contributed by atoms with Crippen molar-refractivity contribution < 1.29 is 18.8 Å². The molecule has 3 aromatic rings. The molecule has 1 aliphatic heterocycles. The highest BCUT2D eigenvalue weighted by Crippen LogP contribution is 2.39. The molecule has 0 N–H and O–H groups in total. The highest BCUT2D eigenvalue weighted by Gasteiger charge is 2.32. The number of benzene rings is 2. The van der Waals surface area contributed by atoms with Gasteiger partial charge < -0.3 is 18.9 Å². The minimum Gasteiger partial charge on any atom is -0.497 e. The van der Waals surface area contributed by atoms with Crippen LogP contribution < -0.4 is 9.47 Å². The number of hydrogen-bond donors (Lipinski definition) is 0. The van der Waals surface area contributed by atoms with E-state index in [-0.39, 0.29) is 18.4 Å². The zero-order valence-electron chi connectivity index (χ0n) is 15.5. The van der Waals surface area contributed by atoms with Crippen LogP contribution in [0.15, 0.2) is 47.0 Å². The number of aromatic nitrogens is 1. The number of nitrogens with zero attached hydrogens (tertiary/aromatic N) is 2. The fourth-order valence-corrected chi connectivity index (χ4v) is 3.79. The summed E-state index contributed by atoms with van der Waals surface area (Å²) in [7, 11) is 3.27. The quantitative estimate of drug-likeness (QED) is 0.688. The highest BCUT2D eigenvalue weighted by molar-refractivity contribution is 5.86. The minimum atomic E-state index is -0.00322. The first-order valence-electron chi connectivity index (χ1n) is 9.06. The van der Waals surface area contributed by atoms with E-state index in [1.807, 2.05) is 47.4 Å². The van der Waals surface area contributed by atoms with Gasteiger partial charge in [-0.05, 0) is 37.1 Å². The maximum Gasteiger partial charge on any atom is 0.229 e. The third-order valence-electron chi connectivity index (χ3n) is 5.14. The minimum absolute atomic E-state index is 0.00322. The van der Waals surface area contributed by atoms with Crippen LogP contribution in [0.3, 0.4) is 0 Å². The number of hydrogen-bond acceptors (Lipinski definition) is 5. The van der Waals surface area contributed by atoms with Gasteiger partial charge in [-0.2, -0.15) is 0 Å². The van der Waals surface area contributed by atoms with Gasteiger partial charge in [0, 0.05) is 23.6 Å². The van der Waals surface area contributed by atoms with Crippen LogP contribution in [-0.4, -0.2) is 36.7 Å². The Hall–Kier alpha value is -3.02. The normalized spacial score (nSPS) is 16.7. The fourth-order valence-electron chi connectivity index (χ4n) is 3.79. The van der Waals surface area contributed by atoms with Crippen molar-refractivity contribution in [3.05, 3.63) is 53.7 Å². The van der Waals surface area contributed by atoms with Crippen LogP contribution in [-0.2, 0) is 11.2 Å². The number of methoxy groups -OCH3 is 2. The van der Waals surface area contributed by atoms with Crippen molar-refractivity contribution in [2.24, 2.45) is 0 Å². The van der Waals surface area contributed by atoms with Gasteiger partial charge in [-0.1, -0.05) is 17.3 Å². The van der Waals surface area contributed by atoms with Gasteiger partial charge in [0.1, 0.15) is 17.2 Å². The predicted octanol–water partition coefficient (Wildman–Crippen LogP) is 3.75. The van der Waals surface area contributed by atoms with Gasteiger partial charge in [0.05, 0.1) is 26.7 Å². The number of carbonyl (C=O) groups is 1. The molecule has 1 aromatic heterocycles. The summed E-state index contributed by atoms with van der Waals surface area (Å²) in [5.41, 5.74) is 2.40.